The van der Waals surface area contributed by atoms with Gasteiger partial charge >= 0.3 is 0 Å². The first kappa shape index (κ1) is 72.5. The molecule has 3 fully saturated rings. The van der Waals surface area contributed by atoms with Gasteiger partial charge in [-0.25, -0.2) is 98.0 Å². The molecule has 3 aliphatic heterocycles. The van der Waals surface area contributed by atoms with E-state index in [-0.39, 0.29) is 36.4 Å². The van der Waals surface area contributed by atoms with Crippen LogP contribution in [0.25, 0.3) is 66.2 Å². The zero-order valence-electron chi connectivity index (χ0n) is 58.8. The van der Waals surface area contributed by atoms with E-state index in [4.69, 9.17) is 55.7 Å². The number of benzene rings is 3. The average Bonchev–Trinajstić information content (AvgIpc) is 1.09. The highest BCUT2D eigenvalue weighted by Crippen LogP contribution is 2.36. The molecule has 3 aliphatic rings. The second-order valence-corrected chi connectivity index (χ2v) is 32.4. The Hall–Kier alpha value is -9.85. The van der Waals surface area contributed by atoms with E-state index in [1.165, 1.54) is 50.7 Å². The van der Waals surface area contributed by atoms with Gasteiger partial charge in [-0.3, -0.25) is 0 Å². The lowest BCUT2D eigenvalue weighted by atomic mass is 10.1. The standard InChI is InChI=1S/C23H28N8O3S.C22H25ClN8O3S.C22H26N8O3S/c1-13-6-5-7-17-18(13)23(34-16-8-10-31(11-9-16)35(4,32)33)30-20(29-17)14(2)26-21-19-22(25-12-24-21)28-15(3)27-19;1-12(26-20-18-21(25-11-24-20)28-13(2)27-18)19-29-16-6-4-5-15(23)17(16)22(30-19)34-14-7-9-31(10-8-14)35(3,32)33;1-13(25-20-18-21(24-12-23-20)27-14(2)26-18)19-28-17-7-5-4-6-16(17)22(29-19)33-15-8-10-30(11-9-15)34(3,31)32/h5-7,12,14,16H,8-11H2,1-4H3,(H2,24,25,26,27,28);4-6,11-12,14H,7-10H2,1-3H3,(H2,24,25,26,27,28);4-7,12-13,15H,8-11H2,1-3H3,(H2,23,24,25,26,27)/t14-;12-;13-/m000/s1. The SMILES string of the molecule is Cc1nc2ncnc(N[C@@H](C)c3nc(OC4CCN(S(C)(=O)=O)CC4)c4c(C)cccc4n3)c2[nH]1.Cc1nc2ncnc(N[C@@H](C)c3nc(OC4CCN(S(C)(=O)=O)CC4)c4c(Cl)cccc4n3)c2[nH]1.Cc1nc2ncnc(N[C@@H](C)c3nc(OC4CCN(S(C)(=O)=O)CC4)c4ccccc4n3)c2[nH]1. The molecule has 0 amide bonds. The number of aromatic nitrogens is 18. The van der Waals surface area contributed by atoms with Crippen molar-refractivity contribution in [3.8, 4) is 17.6 Å². The van der Waals surface area contributed by atoms with Crippen LogP contribution in [-0.4, -0.2) is 204 Å². The third-order valence-corrected chi connectivity index (χ3v) is 22.3. The molecule has 33 nitrogen and oxygen atoms in total. The fourth-order valence-corrected chi connectivity index (χ4v) is 15.5. The first-order valence-corrected chi connectivity index (χ1v) is 39.7. The molecular weight excluding hydrogens is 1420 g/mol. The van der Waals surface area contributed by atoms with Gasteiger partial charge in [-0.1, -0.05) is 41.9 Å². The van der Waals surface area contributed by atoms with Gasteiger partial charge < -0.3 is 45.1 Å². The van der Waals surface area contributed by atoms with E-state index in [0.717, 1.165) is 55.9 Å². The molecule has 546 valence electrons. The molecule has 6 N–H and O–H groups in total. The second kappa shape index (κ2) is 30.1. The second-order valence-electron chi connectivity index (χ2n) is 26.0. The smallest absolute Gasteiger partial charge is 0.226 e. The van der Waals surface area contributed by atoms with Crippen molar-refractivity contribution in [2.75, 3.05) is 74.0 Å². The maximum atomic E-state index is 11.9. The quantitative estimate of drug-likeness (QED) is 0.0467. The maximum absolute atomic E-state index is 11.9. The number of H-pyrrole nitrogens is 3. The molecule has 104 heavy (non-hydrogen) atoms. The number of hydrogen-bond acceptors (Lipinski definition) is 27. The molecule has 3 aromatic carbocycles. The van der Waals surface area contributed by atoms with Gasteiger partial charge in [0.2, 0.25) is 47.7 Å². The predicted octanol–water partition coefficient (Wildman–Crippen LogP) is 8.70. The number of para-hydroxylation sites is 1. The highest BCUT2D eigenvalue weighted by molar-refractivity contribution is 7.88. The lowest BCUT2D eigenvalue weighted by molar-refractivity contribution is 0.131. The van der Waals surface area contributed by atoms with Gasteiger partial charge in [0.25, 0.3) is 0 Å². The van der Waals surface area contributed by atoms with Gasteiger partial charge in [-0.15, -0.1) is 0 Å². The van der Waals surface area contributed by atoms with E-state index in [2.05, 4.69) is 75.8 Å². The molecule has 12 heterocycles. The lowest BCUT2D eigenvalue weighted by Gasteiger charge is -2.30. The van der Waals surface area contributed by atoms with Crippen LogP contribution in [0.15, 0.2) is 79.6 Å². The van der Waals surface area contributed by atoms with E-state index < -0.39 is 30.1 Å². The molecule has 0 aliphatic carbocycles. The van der Waals surface area contributed by atoms with Crippen LogP contribution >= 0.6 is 11.6 Å². The summed E-state index contributed by atoms with van der Waals surface area (Å²) in [7, 11) is -9.61. The van der Waals surface area contributed by atoms with E-state index in [1.54, 1.807) is 6.07 Å². The summed E-state index contributed by atoms with van der Waals surface area (Å²) in [6.45, 7) is 16.0. The third-order valence-electron chi connectivity index (χ3n) is 18.0. The van der Waals surface area contributed by atoms with Crippen molar-refractivity contribution in [2.24, 2.45) is 0 Å². The molecule has 0 bridgehead atoms. The molecule has 12 aromatic rings. The Morgan fingerprint density at radius 2 is 0.760 bits per heavy atom. The highest BCUT2D eigenvalue weighted by atomic mass is 35.5. The summed E-state index contributed by atoms with van der Waals surface area (Å²) < 4.78 is 94.5. The molecule has 0 radical (unpaired) electrons. The summed E-state index contributed by atoms with van der Waals surface area (Å²) in [6, 6.07) is 18.2. The first-order chi connectivity index (χ1) is 49.6. The Bertz CT molecular complexity index is 5290. The Morgan fingerprint density at radius 1 is 0.423 bits per heavy atom. The number of nitrogens with one attached hydrogen (secondary N) is 6. The van der Waals surface area contributed by atoms with Gasteiger partial charge in [0.05, 0.1) is 74.6 Å². The molecule has 0 spiro atoms. The molecule has 3 saturated heterocycles. The normalized spacial score (nSPS) is 16.6. The van der Waals surface area contributed by atoms with Crippen LogP contribution in [-0.2, 0) is 30.1 Å². The average molecular weight is 1500 g/mol. The van der Waals surface area contributed by atoms with E-state index in [0.29, 0.717) is 169 Å². The van der Waals surface area contributed by atoms with Crippen molar-refractivity contribution >= 4 is 125 Å². The maximum Gasteiger partial charge on any atom is 0.226 e. The van der Waals surface area contributed by atoms with Crippen LogP contribution < -0.4 is 30.2 Å². The summed E-state index contributed by atoms with van der Waals surface area (Å²) in [4.78, 5) is 76.8. The number of piperidine rings is 3. The van der Waals surface area contributed by atoms with Crippen LogP contribution in [0.1, 0.15) is 118 Å². The number of aryl methyl sites for hydroxylation is 4. The van der Waals surface area contributed by atoms with E-state index >= 15 is 0 Å². The van der Waals surface area contributed by atoms with E-state index in [1.807, 2.05) is 103 Å². The van der Waals surface area contributed by atoms with Gasteiger partial charge in [-0.05, 0) is 123 Å². The minimum Gasteiger partial charge on any atom is -0.474 e. The molecular formula is C67H79ClN24O9S3. The summed E-state index contributed by atoms with van der Waals surface area (Å²) in [5.74, 6) is 7.10. The van der Waals surface area contributed by atoms with Crippen molar-refractivity contribution in [1.29, 1.82) is 0 Å². The summed E-state index contributed by atoms with van der Waals surface area (Å²) in [5, 5.41) is 12.9. The minimum atomic E-state index is -3.22. The topological polar surface area (TPSA) is 417 Å². The lowest BCUT2D eigenvalue weighted by Crippen LogP contribution is -2.41. The van der Waals surface area contributed by atoms with Crippen LogP contribution in [0.5, 0.6) is 17.6 Å². The molecule has 37 heteroatoms. The Labute approximate surface area is 604 Å². The summed E-state index contributed by atoms with van der Waals surface area (Å²) >= 11 is 6.50. The minimum absolute atomic E-state index is 0.123. The Morgan fingerprint density at radius 3 is 1.16 bits per heavy atom. The van der Waals surface area contributed by atoms with Gasteiger partial charge in [0.1, 0.15) is 71.3 Å². The van der Waals surface area contributed by atoms with Gasteiger partial charge in [-0.2, -0.15) is 15.0 Å². The van der Waals surface area contributed by atoms with Gasteiger partial charge in [0.15, 0.2) is 51.9 Å². The van der Waals surface area contributed by atoms with Crippen molar-refractivity contribution in [1.82, 2.24) is 103 Å². The fourth-order valence-electron chi connectivity index (χ4n) is 12.7. The molecule has 3 atom stereocenters. The van der Waals surface area contributed by atoms with Crippen LogP contribution in [0.2, 0.25) is 5.02 Å². The van der Waals surface area contributed by atoms with Crippen molar-refractivity contribution < 1.29 is 39.5 Å². The number of sulfonamides is 3. The van der Waals surface area contributed by atoms with Crippen molar-refractivity contribution in [3.63, 3.8) is 0 Å². The molecule has 9 aromatic heterocycles. The Balaban J connectivity index is 0.000000139. The largest absolute Gasteiger partial charge is 0.474 e. The molecule has 0 unspecified atom stereocenters. The zero-order valence-corrected chi connectivity index (χ0v) is 62.0. The zero-order chi connectivity index (χ0) is 73.4. The first-order valence-electron chi connectivity index (χ1n) is 33.8. The van der Waals surface area contributed by atoms with Crippen molar-refractivity contribution in [2.45, 2.75) is 123 Å². The number of rotatable bonds is 18. The summed E-state index contributed by atoms with van der Waals surface area (Å²) in [6.07, 6.45) is 11.2. The predicted molar refractivity (Wildman–Crippen MR) is 394 cm³/mol. The number of anilines is 3. The third kappa shape index (κ3) is 16.5. The number of imidazole rings is 3. The fraction of sp³-hybridized carbons (Fsp3) is 0.418. The number of hydrogen-bond donors (Lipinski definition) is 6. The monoisotopic (exact) mass is 1490 g/mol. The molecule has 0 saturated carbocycles. The van der Waals surface area contributed by atoms with Crippen LogP contribution in [0.3, 0.4) is 0 Å². The number of ether oxygens (including phenoxy) is 3. The number of nitrogens with zero attached hydrogens (tertiary/aromatic N) is 18. The van der Waals surface area contributed by atoms with Gasteiger partial charge in [0, 0.05) is 39.3 Å². The van der Waals surface area contributed by atoms with E-state index in [9.17, 15) is 25.3 Å². The number of halogens is 1. The number of aromatic amines is 3. The Kier molecular flexibility index (Phi) is 21.0. The van der Waals surface area contributed by atoms with Crippen LogP contribution in [0, 0.1) is 27.7 Å². The molecule has 15 rings (SSSR count). The highest BCUT2D eigenvalue weighted by Gasteiger charge is 2.32. The van der Waals surface area contributed by atoms with Crippen LogP contribution in [0.4, 0.5) is 17.5 Å². The summed E-state index contributed by atoms with van der Waals surface area (Å²) in [5.41, 5.74) is 7.14. The number of fused-ring (bicyclic) bond motifs is 6. The van der Waals surface area contributed by atoms with Crippen molar-refractivity contribution in [3.05, 3.63) is 125 Å².